The van der Waals surface area contributed by atoms with E-state index in [0.29, 0.717) is 12.3 Å². The molecule has 2 N–H and O–H groups in total. The fourth-order valence-corrected chi connectivity index (χ4v) is 1.41. The summed E-state index contributed by atoms with van der Waals surface area (Å²) < 4.78 is 9.60. The van der Waals surface area contributed by atoms with E-state index in [1.54, 1.807) is 0 Å². The largest absolute Gasteiger partial charge is 0.491 e. The predicted octanol–water partition coefficient (Wildman–Crippen LogP) is 0.310. The molecule has 1 aromatic rings. The highest BCUT2D eigenvalue weighted by Crippen LogP contribution is 2.04. The Labute approximate surface area is 115 Å². The van der Waals surface area contributed by atoms with Crippen molar-refractivity contribution in [3.63, 3.8) is 0 Å². The number of nitrogens with one attached hydrogen (secondary N) is 2. The van der Waals surface area contributed by atoms with E-state index in [9.17, 15) is 9.59 Å². The second-order valence-electron chi connectivity index (χ2n) is 3.76. The summed E-state index contributed by atoms with van der Waals surface area (Å²) in [6, 6.07) is 0.653. The number of hydrogen-bond acceptors (Lipinski definition) is 5. The molecule has 0 unspecified atom stereocenters. The number of ether oxygens (including phenoxy) is 2. The van der Waals surface area contributed by atoms with Crippen molar-refractivity contribution in [2.75, 3.05) is 27.4 Å². The first-order valence-electron chi connectivity index (χ1n) is 5.77. The molecule has 1 heterocycles. The molecular formula is C11H16N5O4+. The molecule has 0 aromatic carbocycles. The molecule has 0 radical (unpaired) electrons. The van der Waals surface area contributed by atoms with Gasteiger partial charge in [0.15, 0.2) is 5.75 Å². The van der Waals surface area contributed by atoms with E-state index < -0.39 is 6.03 Å². The number of aromatic amines is 1. The van der Waals surface area contributed by atoms with Crippen LogP contribution in [0, 0.1) is 5.39 Å². The maximum atomic E-state index is 11.7. The quantitative estimate of drug-likeness (QED) is 0.443. The SMILES string of the molecule is COCCNC(=O)N(Cc1cc(=O)c(OC)c[nH]1)[N+]#N. The molecule has 1 rings (SSSR count). The number of methoxy groups -OCH3 is 2. The second kappa shape index (κ2) is 7.75. The number of pyridine rings is 1. The van der Waals surface area contributed by atoms with Crippen molar-refractivity contribution in [1.82, 2.24) is 15.3 Å². The Bertz CT molecular complexity index is 550. The fraction of sp³-hybridized carbons (Fsp3) is 0.455. The van der Waals surface area contributed by atoms with E-state index in [0.717, 1.165) is 5.01 Å². The second-order valence-corrected chi connectivity index (χ2v) is 3.76. The number of carbonyl (C=O) groups is 1. The molecular weight excluding hydrogens is 266 g/mol. The summed E-state index contributed by atoms with van der Waals surface area (Å²) in [6.45, 7) is 0.527. The molecule has 108 valence electrons. The third-order valence-electron chi connectivity index (χ3n) is 2.40. The number of carbonyl (C=O) groups excluding carboxylic acids is 1. The average molecular weight is 282 g/mol. The smallest absolute Gasteiger partial charge is 0.391 e. The maximum absolute atomic E-state index is 11.7. The van der Waals surface area contributed by atoms with Crippen LogP contribution >= 0.6 is 0 Å². The summed E-state index contributed by atoms with van der Waals surface area (Å²) in [5.41, 5.74) is 0.0643. The lowest BCUT2D eigenvalue weighted by molar-refractivity contribution is 0.186. The minimum Gasteiger partial charge on any atom is -0.491 e. The lowest BCUT2D eigenvalue weighted by Crippen LogP contribution is -2.37. The van der Waals surface area contributed by atoms with Crippen molar-refractivity contribution >= 4 is 6.03 Å². The summed E-state index contributed by atoms with van der Waals surface area (Å²) in [5, 5.41) is 14.9. The van der Waals surface area contributed by atoms with Crippen LogP contribution in [-0.4, -0.2) is 43.4 Å². The van der Waals surface area contributed by atoms with Crippen molar-refractivity contribution in [2.45, 2.75) is 6.54 Å². The Balaban J connectivity index is 2.69. The van der Waals surface area contributed by atoms with Gasteiger partial charge in [-0.05, 0) is 0 Å². The zero-order valence-electron chi connectivity index (χ0n) is 11.3. The van der Waals surface area contributed by atoms with Gasteiger partial charge in [-0.3, -0.25) is 4.79 Å². The van der Waals surface area contributed by atoms with Crippen LogP contribution < -0.4 is 15.5 Å². The first kappa shape index (κ1) is 15.5. The molecule has 1 aromatic heterocycles. The maximum Gasteiger partial charge on any atom is 0.391 e. The number of urea groups is 1. The molecule has 0 spiro atoms. The van der Waals surface area contributed by atoms with Crippen LogP contribution in [0.1, 0.15) is 5.69 Å². The lowest BCUT2D eigenvalue weighted by Gasteiger charge is -2.06. The number of diazo groups is 1. The van der Waals surface area contributed by atoms with Gasteiger partial charge in [-0.2, -0.15) is 0 Å². The number of aromatic nitrogens is 1. The van der Waals surface area contributed by atoms with Gasteiger partial charge in [-0.1, -0.05) is 0 Å². The molecule has 0 aliphatic rings. The van der Waals surface area contributed by atoms with Crippen molar-refractivity contribution in [2.24, 2.45) is 0 Å². The van der Waals surface area contributed by atoms with E-state index in [1.165, 1.54) is 26.5 Å². The molecule has 0 fully saturated rings. The minimum absolute atomic E-state index is 0.0887. The molecule has 0 aliphatic carbocycles. The van der Waals surface area contributed by atoms with Crippen LogP contribution in [0.4, 0.5) is 4.79 Å². The highest BCUT2D eigenvalue weighted by Gasteiger charge is 2.24. The molecule has 0 bridgehead atoms. The van der Waals surface area contributed by atoms with E-state index in [1.807, 2.05) is 0 Å². The van der Waals surface area contributed by atoms with Gasteiger partial charge in [-0.25, -0.2) is 4.79 Å². The zero-order chi connectivity index (χ0) is 15.0. The number of hydrogen-bond donors (Lipinski definition) is 2. The molecule has 9 heteroatoms. The Kier molecular flexibility index (Phi) is 5.99. The minimum atomic E-state index is -0.610. The molecule has 0 aliphatic heterocycles. The van der Waals surface area contributed by atoms with Gasteiger partial charge in [0.05, 0.1) is 18.7 Å². The number of nitrogens with zero attached hydrogens (tertiary/aromatic N) is 3. The van der Waals surface area contributed by atoms with Crippen LogP contribution in [0.15, 0.2) is 17.1 Å². The van der Waals surface area contributed by atoms with Crippen molar-refractivity contribution < 1.29 is 14.3 Å². The summed E-state index contributed by atoms with van der Waals surface area (Å²) in [7, 11) is 2.88. The van der Waals surface area contributed by atoms with Crippen molar-refractivity contribution in [1.29, 1.82) is 5.39 Å². The summed E-state index contributed by atoms with van der Waals surface area (Å²) in [4.78, 5) is 26.0. The van der Waals surface area contributed by atoms with E-state index in [4.69, 9.17) is 14.9 Å². The normalized spacial score (nSPS) is 9.65. The summed E-state index contributed by atoms with van der Waals surface area (Å²) in [5.74, 6) is 0.158. The lowest BCUT2D eigenvalue weighted by atomic mass is 10.3. The van der Waals surface area contributed by atoms with E-state index in [-0.39, 0.29) is 24.3 Å². The van der Waals surface area contributed by atoms with Crippen LogP contribution in [0.25, 0.3) is 5.08 Å². The first-order valence-corrected chi connectivity index (χ1v) is 5.77. The molecule has 9 nitrogen and oxygen atoms in total. The topological polar surface area (TPSA) is 112 Å². The number of amides is 2. The van der Waals surface area contributed by atoms with Gasteiger partial charge in [0, 0.05) is 31.6 Å². The Morgan fingerprint density at radius 1 is 1.55 bits per heavy atom. The monoisotopic (exact) mass is 282 g/mol. The third-order valence-corrected chi connectivity index (χ3v) is 2.40. The zero-order valence-corrected chi connectivity index (χ0v) is 11.3. The fourth-order valence-electron chi connectivity index (χ4n) is 1.41. The molecule has 2 amide bonds. The summed E-state index contributed by atoms with van der Waals surface area (Å²) in [6.07, 6.45) is 1.37. The van der Waals surface area contributed by atoms with Crippen LogP contribution in [0.3, 0.4) is 0 Å². The van der Waals surface area contributed by atoms with Gasteiger partial charge in [0.1, 0.15) is 6.54 Å². The Hall–Kier alpha value is -2.60. The Morgan fingerprint density at radius 2 is 2.30 bits per heavy atom. The average Bonchev–Trinajstić information content (AvgIpc) is 2.45. The van der Waals surface area contributed by atoms with E-state index >= 15 is 0 Å². The van der Waals surface area contributed by atoms with Gasteiger partial charge in [0.2, 0.25) is 5.43 Å². The molecule has 20 heavy (non-hydrogen) atoms. The van der Waals surface area contributed by atoms with Crippen LogP contribution in [0.5, 0.6) is 5.75 Å². The highest BCUT2D eigenvalue weighted by atomic mass is 16.5. The first-order chi connectivity index (χ1) is 9.62. The molecule has 0 saturated carbocycles. The number of rotatable bonds is 6. The molecule has 0 atom stereocenters. The molecule has 0 saturated heterocycles. The third kappa shape index (κ3) is 4.25. The van der Waals surface area contributed by atoms with Crippen molar-refractivity contribution in [3.8, 4) is 5.75 Å². The van der Waals surface area contributed by atoms with Gasteiger partial charge in [0.25, 0.3) is 5.39 Å². The van der Waals surface area contributed by atoms with E-state index in [2.05, 4.69) is 15.4 Å². The Morgan fingerprint density at radius 3 is 2.85 bits per heavy atom. The summed E-state index contributed by atoms with van der Waals surface area (Å²) >= 11 is 0. The standard InChI is InChI=1S/C11H15N5O4/c1-19-4-3-13-11(18)16(15-12)7-8-5-9(17)10(20-2)6-14-8/h5-6H,3-4,7H2,1-2H3,(H-,13,14,17,18)/p+1. The highest BCUT2D eigenvalue weighted by molar-refractivity contribution is 5.74. The van der Waals surface area contributed by atoms with Crippen LogP contribution in [0.2, 0.25) is 0 Å². The van der Waals surface area contributed by atoms with Gasteiger partial charge in [-0.15, -0.1) is 0 Å². The van der Waals surface area contributed by atoms with Crippen LogP contribution in [-0.2, 0) is 11.3 Å². The van der Waals surface area contributed by atoms with Crippen molar-refractivity contribution in [3.05, 3.63) is 33.3 Å². The predicted molar refractivity (Wildman–Crippen MR) is 69.5 cm³/mol. The van der Waals surface area contributed by atoms with Gasteiger partial charge < -0.3 is 19.8 Å². The number of H-pyrrole nitrogens is 1. The van der Waals surface area contributed by atoms with Gasteiger partial charge >= 0.3 is 11.1 Å².